The van der Waals surface area contributed by atoms with Crippen LogP contribution in [0, 0.1) is 0 Å². The summed E-state index contributed by atoms with van der Waals surface area (Å²) in [5.41, 5.74) is 0. The van der Waals surface area contributed by atoms with Gasteiger partial charge in [0.1, 0.15) is 0 Å². The van der Waals surface area contributed by atoms with Gasteiger partial charge in [-0.25, -0.2) is 0 Å². The molecule has 0 spiro atoms. The van der Waals surface area contributed by atoms with Gasteiger partial charge < -0.3 is 0 Å². The van der Waals surface area contributed by atoms with E-state index in [1.54, 1.807) is 0 Å². The predicted molar refractivity (Wildman–Crippen MR) is 131 cm³/mol. The summed E-state index contributed by atoms with van der Waals surface area (Å²) in [7, 11) is -0.831. The van der Waals surface area contributed by atoms with Crippen molar-refractivity contribution in [3.8, 4) is 0 Å². The van der Waals surface area contributed by atoms with E-state index in [1.165, 1.54) is 15.9 Å². The Morgan fingerprint density at radius 1 is 0.480 bits per heavy atom. The second kappa shape index (κ2) is 8.98. The Hall–Kier alpha value is 0.970. The molecule has 7 heteroatoms. The highest BCUT2D eigenvalue weighted by atomic mass is 79.9. The quantitative estimate of drug-likeness (QED) is 0.239. The van der Waals surface area contributed by atoms with E-state index in [0.717, 1.165) is 26.8 Å². The van der Waals surface area contributed by atoms with Crippen molar-refractivity contribution in [2.45, 2.75) is 0 Å². The number of hydrogen-bond donors (Lipinski definition) is 0. The smallest absolute Gasteiger partial charge is 0.0400 e. The molecule has 0 aliphatic rings. The standard InChI is InChI=1S/C18H9Br6P/c19-10-4-3-9-15(16(10)24)25(17-11(20)5-1-6-12(17)21)18-13(22)7-2-8-14(18)23/h1-9H. The van der Waals surface area contributed by atoms with Crippen molar-refractivity contribution < 1.29 is 0 Å². The van der Waals surface area contributed by atoms with Crippen LogP contribution in [0.15, 0.2) is 81.4 Å². The van der Waals surface area contributed by atoms with Crippen LogP contribution >= 0.6 is 104 Å². The van der Waals surface area contributed by atoms with E-state index in [9.17, 15) is 0 Å². The van der Waals surface area contributed by atoms with Gasteiger partial charge in [-0.3, -0.25) is 0 Å². The van der Waals surface area contributed by atoms with E-state index in [-0.39, 0.29) is 0 Å². The zero-order valence-electron chi connectivity index (χ0n) is 12.4. The maximum absolute atomic E-state index is 3.78. The van der Waals surface area contributed by atoms with Gasteiger partial charge in [0, 0.05) is 42.7 Å². The van der Waals surface area contributed by atoms with E-state index in [0.29, 0.717) is 0 Å². The van der Waals surface area contributed by atoms with Crippen LogP contribution in [0.1, 0.15) is 0 Å². The van der Waals surface area contributed by atoms with E-state index < -0.39 is 7.92 Å². The maximum atomic E-state index is 3.78. The summed E-state index contributed by atoms with van der Waals surface area (Å²) in [4.78, 5) is 0. The van der Waals surface area contributed by atoms with Crippen molar-refractivity contribution in [3.63, 3.8) is 0 Å². The molecule has 3 aromatic carbocycles. The zero-order chi connectivity index (χ0) is 18.1. The van der Waals surface area contributed by atoms with E-state index in [1.807, 2.05) is 18.2 Å². The van der Waals surface area contributed by atoms with Crippen molar-refractivity contribution in [1.29, 1.82) is 0 Å². The van der Waals surface area contributed by atoms with Crippen molar-refractivity contribution in [2.75, 3.05) is 0 Å². The first-order chi connectivity index (χ1) is 11.9. The minimum atomic E-state index is -0.831. The highest BCUT2D eigenvalue weighted by Crippen LogP contribution is 2.45. The van der Waals surface area contributed by atoms with Crippen molar-refractivity contribution in [1.82, 2.24) is 0 Å². The van der Waals surface area contributed by atoms with Crippen LogP contribution in [-0.2, 0) is 0 Å². The van der Waals surface area contributed by atoms with Gasteiger partial charge in [0.25, 0.3) is 0 Å². The van der Waals surface area contributed by atoms with Gasteiger partial charge in [-0.05, 0) is 70.1 Å². The first kappa shape index (κ1) is 20.7. The van der Waals surface area contributed by atoms with Crippen LogP contribution in [0.5, 0.6) is 0 Å². The third-order valence-electron chi connectivity index (χ3n) is 3.49. The highest BCUT2D eigenvalue weighted by Gasteiger charge is 2.27. The molecule has 0 atom stereocenters. The summed E-state index contributed by atoms with van der Waals surface area (Å²) in [6.07, 6.45) is 0. The summed E-state index contributed by atoms with van der Waals surface area (Å²) in [6, 6.07) is 18.7. The number of benzene rings is 3. The van der Waals surface area contributed by atoms with Gasteiger partial charge in [0.15, 0.2) is 0 Å². The largest absolute Gasteiger partial charge is 0.0604 e. The van der Waals surface area contributed by atoms with E-state index in [2.05, 4.69) is 132 Å². The first-order valence-electron chi connectivity index (χ1n) is 7.04. The summed E-state index contributed by atoms with van der Waals surface area (Å²) in [5, 5.41) is 3.72. The lowest BCUT2D eigenvalue weighted by molar-refractivity contribution is 1.62. The molecule has 0 bridgehead atoms. The molecule has 128 valence electrons. The average molecular weight is 736 g/mol. The summed E-state index contributed by atoms with van der Waals surface area (Å²) >= 11 is 22.5. The normalized spacial score (nSPS) is 11.2. The van der Waals surface area contributed by atoms with Gasteiger partial charge in [0.2, 0.25) is 0 Å². The fourth-order valence-corrected chi connectivity index (χ4v) is 10.3. The molecular formula is C18H9Br6P. The number of rotatable bonds is 3. The molecule has 0 aliphatic heterocycles. The molecule has 0 radical (unpaired) electrons. The molecule has 25 heavy (non-hydrogen) atoms. The maximum Gasteiger partial charge on any atom is 0.0400 e. The first-order valence-corrected chi connectivity index (χ1v) is 13.1. The van der Waals surface area contributed by atoms with Gasteiger partial charge >= 0.3 is 0 Å². The minimum Gasteiger partial charge on any atom is -0.0604 e. The van der Waals surface area contributed by atoms with Crippen LogP contribution in [0.3, 0.4) is 0 Å². The molecule has 0 amide bonds. The second-order valence-corrected chi connectivity index (χ2v) is 12.2. The lowest BCUT2D eigenvalue weighted by atomic mass is 10.3. The minimum absolute atomic E-state index is 0.831. The molecular weight excluding hydrogens is 727 g/mol. The lowest BCUT2D eigenvalue weighted by Crippen LogP contribution is -2.25. The Bertz CT molecular complexity index is 849. The molecule has 0 N–H and O–H groups in total. The van der Waals surface area contributed by atoms with Crippen LogP contribution in [0.4, 0.5) is 0 Å². The van der Waals surface area contributed by atoms with Gasteiger partial charge in [-0.2, -0.15) is 0 Å². The second-order valence-electron chi connectivity index (χ2n) is 5.05. The summed E-state index contributed by atoms with van der Waals surface area (Å²) < 4.78 is 6.46. The van der Waals surface area contributed by atoms with Crippen molar-refractivity contribution in [2.24, 2.45) is 0 Å². The molecule has 0 nitrogen and oxygen atoms in total. The Kier molecular flexibility index (Phi) is 7.43. The Morgan fingerprint density at radius 3 is 1.28 bits per heavy atom. The molecule has 0 saturated heterocycles. The summed E-state index contributed by atoms with van der Waals surface area (Å²) in [5.74, 6) is 0. The monoisotopic (exact) mass is 730 g/mol. The van der Waals surface area contributed by atoms with Crippen LogP contribution in [0.2, 0.25) is 0 Å². The van der Waals surface area contributed by atoms with Crippen molar-refractivity contribution >= 4 is 119 Å². The topological polar surface area (TPSA) is 0 Å². The third-order valence-corrected chi connectivity index (χ3v) is 12.4. The molecule has 0 fully saturated rings. The fraction of sp³-hybridized carbons (Fsp3) is 0. The highest BCUT2D eigenvalue weighted by molar-refractivity contribution is 9.13. The van der Waals surface area contributed by atoms with E-state index >= 15 is 0 Å². The fourth-order valence-electron chi connectivity index (χ4n) is 2.42. The number of halogens is 6. The Balaban J connectivity index is 2.40. The SMILES string of the molecule is Brc1cccc(P(c2c(Br)cccc2Br)c2c(Br)cccc2Br)c1Br. The van der Waals surface area contributed by atoms with E-state index in [4.69, 9.17) is 0 Å². The number of hydrogen-bond acceptors (Lipinski definition) is 0. The molecule has 0 aliphatic carbocycles. The third kappa shape index (κ3) is 4.36. The average Bonchev–Trinajstić information content (AvgIpc) is 2.56. The van der Waals surface area contributed by atoms with Crippen LogP contribution in [-0.4, -0.2) is 0 Å². The van der Waals surface area contributed by atoms with Gasteiger partial charge in [-0.15, -0.1) is 0 Å². The molecule has 3 aromatic rings. The van der Waals surface area contributed by atoms with Gasteiger partial charge in [-0.1, -0.05) is 88.0 Å². The molecule has 0 unspecified atom stereocenters. The molecule has 0 saturated carbocycles. The van der Waals surface area contributed by atoms with Crippen LogP contribution in [0.25, 0.3) is 0 Å². The Morgan fingerprint density at radius 2 is 0.840 bits per heavy atom. The molecule has 3 rings (SSSR count). The lowest BCUT2D eigenvalue weighted by Gasteiger charge is -2.25. The Labute approximate surface area is 198 Å². The summed E-state index contributed by atoms with van der Waals surface area (Å²) in [6.45, 7) is 0. The van der Waals surface area contributed by atoms with Gasteiger partial charge in [0.05, 0.1) is 0 Å². The van der Waals surface area contributed by atoms with Crippen LogP contribution < -0.4 is 15.9 Å². The molecule has 0 heterocycles. The molecule has 0 aromatic heterocycles. The van der Waals surface area contributed by atoms with Crippen molar-refractivity contribution in [3.05, 3.63) is 81.4 Å². The zero-order valence-corrected chi connectivity index (χ0v) is 22.8. The predicted octanol–water partition coefficient (Wildman–Crippen LogP) is 8.02.